The number of anilines is 1. The number of hydrogen-bond acceptors (Lipinski definition) is 4. The van der Waals surface area contributed by atoms with Crippen LogP contribution in [0.4, 0.5) is 18.9 Å². The molecule has 0 aliphatic carbocycles. The molecule has 28 heavy (non-hydrogen) atoms. The summed E-state index contributed by atoms with van der Waals surface area (Å²) in [4.78, 5) is 16.9. The Hall–Kier alpha value is -2.71. The third kappa shape index (κ3) is 4.76. The Morgan fingerprint density at radius 1 is 1.25 bits per heavy atom. The molecule has 1 atom stereocenters. The van der Waals surface area contributed by atoms with Crippen LogP contribution in [0.1, 0.15) is 39.5 Å². The first-order chi connectivity index (χ1) is 13.1. The second kappa shape index (κ2) is 7.73. The molecule has 0 bridgehead atoms. The van der Waals surface area contributed by atoms with Crippen molar-refractivity contribution in [3.8, 4) is 0 Å². The third-order valence-corrected chi connectivity index (χ3v) is 5.19. The number of allylic oxidation sites excluding steroid dienone is 1. The van der Waals surface area contributed by atoms with Crippen molar-refractivity contribution in [2.45, 2.75) is 26.1 Å². The van der Waals surface area contributed by atoms with Gasteiger partial charge in [-0.2, -0.15) is 13.2 Å². The molecule has 3 rings (SSSR count). The summed E-state index contributed by atoms with van der Waals surface area (Å²) in [6.45, 7) is 3.30. The van der Waals surface area contributed by atoms with Crippen molar-refractivity contribution >= 4 is 39.2 Å². The number of hydrogen-bond donors (Lipinski definition) is 2. The van der Waals surface area contributed by atoms with Crippen LogP contribution in [0.3, 0.4) is 0 Å². The van der Waals surface area contributed by atoms with Crippen LogP contribution in [-0.4, -0.2) is 22.2 Å². The first kappa shape index (κ1) is 20.0. The quantitative estimate of drug-likeness (QED) is 0.603. The summed E-state index contributed by atoms with van der Waals surface area (Å²) in [6.07, 6.45) is -3.93. The van der Waals surface area contributed by atoms with Crippen LogP contribution in [0.5, 0.6) is 0 Å². The van der Waals surface area contributed by atoms with Gasteiger partial charge < -0.3 is 10.4 Å². The summed E-state index contributed by atoms with van der Waals surface area (Å²) >= 11 is 1.38. The molecule has 3 aromatic rings. The highest BCUT2D eigenvalue weighted by atomic mass is 32.1. The van der Waals surface area contributed by atoms with Crippen LogP contribution < -0.4 is 5.32 Å². The number of amides is 1. The maximum Gasteiger partial charge on any atom is 0.409 e. The molecule has 0 aliphatic rings. The zero-order valence-corrected chi connectivity index (χ0v) is 15.9. The molecule has 1 heterocycles. The van der Waals surface area contributed by atoms with Gasteiger partial charge in [0.2, 0.25) is 0 Å². The lowest BCUT2D eigenvalue weighted by atomic mass is 10.0. The number of aliphatic hydroxyl groups excluding tert-OH is 1. The van der Waals surface area contributed by atoms with Crippen molar-refractivity contribution in [1.82, 2.24) is 4.98 Å². The zero-order chi connectivity index (χ0) is 20.5. The highest BCUT2D eigenvalue weighted by Gasteiger charge is 2.21. The molecule has 0 aliphatic heterocycles. The lowest BCUT2D eigenvalue weighted by molar-refractivity contribution is -0.0790. The van der Waals surface area contributed by atoms with E-state index < -0.39 is 12.3 Å². The van der Waals surface area contributed by atoms with E-state index in [0.29, 0.717) is 32.9 Å². The number of thiazole rings is 1. The van der Waals surface area contributed by atoms with Gasteiger partial charge in [0, 0.05) is 17.3 Å². The molecule has 0 spiro atoms. The Bertz CT molecular complexity index is 1060. The minimum absolute atomic E-state index is 0.159. The normalized spacial score (nSPS) is 13.2. The summed E-state index contributed by atoms with van der Waals surface area (Å²) in [5.41, 5.74) is 2.50. The molecule has 4 nitrogen and oxygen atoms in total. The van der Waals surface area contributed by atoms with Gasteiger partial charge in [0.05, 0.1) is 10.2 Å². The fourth-order valence-corrected chi connectivity index (χ4v) is 3.52. The Morgan fingerprint density at radius 3 is 2.64 bits per heavy atom. The van der Waals surface area contributed by atoms with E-state index in [1.165, 1.54) is 29.5 Å². The van der Waals surface area contributed by atoms with Crippen molar-refractivity contribution in [3.63, 3.8) is 0 Å². The van der Waals surface area contributed by atoms with Crippen LogP contribution in [0.15, 0.2) is 42.5 Å². The Kier molecular flexibility index (Phi) is 5.53. The fraction of sp³-hybridized carbons (Fsp3) is 0.200. The molecular formula is C20H17F3N2O2S. The van der Waals surface area contributed by atoms with Gasteiger partial charge in [-0.15, -0.1) is 11.3 Å². The molecule has 1 aromatic heterocycles. The van der Waals surface area contributed by atoms with Gasteiger partial charge in [-0.25, -0.2) is 4.98 Å². The van der Waals surface area contributed by atoms with Crippen LogP contribution in [0, 0.1) is 6.92 Å². The SMILES string of the molecule is Cc1cc(/C=C/C(F)(F)F)ccc1C(=O)Nc1ccc2sc(C(C)O)nc2c1. The van der Waals surface area contributed by atoms with E-state index in [9.17, 15) is 23.1 Å². The fourth-order valence-electron chi connectivity index (χ4n) is 2.64. The molecule has 146 valence electrons. The van der Waals surface area contributed by atoms with Gasteiger partial charge in [-0.1, -0.05) is 18.2 Å². The maximum absolute atomic E-state index is 12.5. The van der Waals surface area contributed by atoms with Gasteiger partial charge in [-0.3, -0.25) is 4.79 Å². The first-order valence-electron chi connectivity index (χ1n) is 8.39. The summed E-state index contributed by atoms with van der Waals surface area (Å²) in [7, 11) is 0. The monoisotopic (exact) mass is 406 g/mol. The van der Waals surface area contributed by atoms with E-state index in [-0.39, 0.29) is 12.0 Å². The molecular weight excluding hydrogens is 389 g/mol. The molecule has 0 saturated carbocycles. The van der Waals surface area contributed by atoms with E-state index in [2.05, 4.69) is 10.3 Å². The minimum Gasteiger partial charge on any atom is -0.386 e. The minimum atomic E-state index is -4.38. The lowest BCUT2D eigenvalue weighted by Gasteiger charge is -2.09. The highest BCUT2D eigenvalue weighted by molar-refractivity contribution is 7.18. The summed E-state index contributed by atoms with van der Waals surface area (Å²) < 4.78 is 37.7. The number of aryl methyl sites for hydroxylation is 1. The number of aliphatic hydroxyl groups is 1. The smallest absolute Gasteiger partial charge is 0.386 e. The van der Waals surface area contributed by atoms with E-state index in [1.54, 1.807) is 26.0 Å². The molecule has 2 N–H and O–H groups in total. The van der Waals surface area contributed by atoms with E-state index in [1.807, 2.05) is 6.07 Å². The number of rotatable bonds is 4. The van der Waals surface area contributed by atoms with Gasteiger partial charge in [0.15, 0.2) is 0 Å². The predicted molar refractivity (Wildman–Crippen MR) is 104 cm³/mol. The number of benzene rings is 2. The number of nitrogens with one attached hydrogen (secondary N) is 1. The number of alkyl halides is 3. The predicted octanol–water partition coefficient (Wildman–Crippen LogP) is 5.49. The van der Waals surface area contributed by atoms with Gasteiger partial charge >= 0.3 is 6.18 Å². The standard InChI is InChI=1S/C20H17F3N2O2S/c1-11-9-13(7-8-20(21,22)23)3-5-15(11)18(27)24-14-4-6-17-16(10-14)25-19(28-17)12(2)26/h3-10,12,26H,1-2H3,(H,24,27)/b8-7+. The van der Waals surface area contributed by atoms with Crippen molar-refractivity contribution in [2.24, 2.45) is 0 Å². The number of carbonyl (C=O) groups excluding carboxylic acids is 1. The largest absolute Gasteiger partial charge is 0.409 e. The average molecular weight is 406 g/mol. The van der Waals surface area contributed by atoms with Gasteiger partial charge in [-0.05, 0) is 49.2 Å². The molecule has 2 aromatic carbocycles. The number of aromatic nitrogens is 1. The molecule has 8 heteroatoms. The van der Waals surface area contributed by atoms with Crippen LogP contribution in [0.25, 0.3) is 16.3 Å². The summed E-state index contributed by atoms with van der Waals surface area (Å²) in [6, 6.07) is 9.74. The topological polar surface area (TPSA) is 62.2 Å². The zero-order valence-electron chi connectivity index (χ0n) is 15.0. The van der Waals surface area contributed by atoms with Crippen LogP contribution in [-0.2, 0) is 0 Å². The Balaban J connectivity index is 1.79. The van der Waals surface area contributed by atoms with Gasteiger partial charge in [0.1, 0.15) is 11.1 Å². The van der Waals surface area contributed by atoms with Crippen molar-refractivity contribution in [3.05, 3.63) is 64.2 Å². The second-order valence-electron chi connectivity index (χ2n) is 6.31. The van der Waals surface area contributed by atoms with Crippen molar-refractivity contribution in [2.75, 3.05) is 5.32 Å². The Morgan fingerprint density at radius 2 is 2.00 bits per heavy atom. The second-order valence-corrected chi connectivity index (χ2v) is 7.38. The highest BCUT2D eigenvalue weighted by Crippen LogP contribution is 2.28. The van der Waals surface area contributed by atoms with E-state index in [4.69, 9.17) is 0 Å². The number of fused-ring (bicyclic) bond motifs is 1. The molecule has 1 amide bonds. The van der Waals surface area contributed by atoms with E-state index >= 15 is 0 Å². The number of carbonyl (C=O) groups is 1. The summed E-state index contributed by atoms with van der Waals surface area (Å²) in [5.74, 6) is -0.366. The maximum atomic E-state index is 12.5. The van der Waals surface area contributed by atoms with Crippen LogP contribution >= 0.6 is 11.3 Å². The lowest BCUT2D eigenvalue weighted by Crippen LogP contribution is -2.13. The summed E-state index contributed by atoms with van der Waals surface area (Å²) in [5, 5.41) is 13.0. The van der Waals surface area contributed by atoms with Crippen molar-refractivity contribution < 1.29 is 23.1 Å². The van der Waals surface area contributed by atoms with Gasteiger partial charge in [0.25, 0.3) is 5.91 Å². The number of halogens is 3. The first-order valence-corrected chi connectivity index (χ1v) is 9.20. The van der Waals surface area contributed by atoms with E-state index in [0.717, 1.165) is 10.8 Å². The molecule has 0 fully saturated rings. The van der Waals surface area contributed by atoms with Crippen molar-refractivity contribution in [1.29, 1.82) is 0 Å². The molecule has 0 saturated heterocycles. The number of nitrogens with zero attached hydrogens (tertiary/aromatic N) is 1. The third-order valence-electron chi connectivity index (χ3n) is 3.98. The average Bonchev–Trinajstić information content (AvgIpc) is 3.03. The molecule has 1 unspecified atom stereocenters. The Labute approximate surface area is 163 Å². The van der Waals surface area contributed by atoms with Crippen LogP contribution in [0.2, 0.25) is 0 Å². The molecule has 0 radical (unpaired) electrons.